The van der Waals surface area contributed by atoms with E-state index in [2.05, 4.69) is 0 Å². The highest BCUT2D eigenvalue weighted by atomic mass is 35.5. The number of hydrogen-bond donors (Lipinski definition) is 1. The van der Waals surface area contributed by atoms with Crippen molar-refractivity contribution < 1.29 is 9.84 Å². The van der Waals surface area contributed by atoms with E-state index in [-0.39, 0.29) is 0 Å². The molecular formula is C11H15ClO2. The summed E-state index contributed by atoms with van der Waals surface area (Å²) in [5.41, 5.74) is 1.87. The zero-order valence-electron chi connectivity index (χ0n) is 8.46. The molecule has 0 spiro atoms. The van der Waals surface area contributed by atoms with Gasteiger partial charge in [0, 0.05) is 11.6 Å². The number of hydrogen-bond acceptors (Lipinski definition) is 2. The fourth-order valence-corrected chi connectivity index (χ4v) is 1.47. The van der Waals surface area contributed by atoms with Crippen molar-refractivity contribution in [3.05, 3.63) is 34.3 Å². The van der Waals surface area contributed by atoms with Crippen LogP contribution in [-0.4, -0.2) is 18.3 Å². The van der Waals surface area contributed by atoms with Gasteiger partial charge in [0.15, 0.2) is 0 Å². The van der Waals surface area contributed by atoms with E-state index < -0.39 is 6.10 Å². The summed E-state index contributed by atoms with van der Waals surface area (Å²) in [7, 11) is 0. The van der Waals surface area contributed by atoms with E-state index >= 15 is 0 Å². The first-order valence-corrected chi connectivity index (χ1v) is 5.04. The number of ether oxygens (including phenoxy) is 1. The normalized spacial score (nSPS) is 12.9. The Kier molecular flexibility index (Phi) is 4.39. The van der Waals surface area contributed by atoms with Gasteiger partial charge in [-0.1, -0.05) is 17.7 Å². The van der Waals surface area contributed by atoms with Crippen LogP contribution in [0.2, 0.25) is 5.02 Å². The molecule has 78 valence electrons. The highest BCUT2D eigenvalue weighted by molar-refractivity contribution is 6.30. The molecule has 0 radical (unpaired) electrons. The summed E-state index contributed by atoms with van der Waals surface area (Å²) < 4.78 is 5.15. The average Bonchev–Trinajstić information content (AvgIpc) is 2.18. The van der Waals surface area contributed by atoms with Crippen LogP contribution in [0.5, 0.6) is 0 Å². The molecule has 1 aromatic rings. The molecule has 1 aromatic carbocycles. The fraction of sp³-hybridized carbons (Fsp3) is 0.455. The first-order valence-electron chi connectivity index (χ1n) is 4.67. The maximum absolute atomic E-state index is 9.77. The summed E-state index contributed by atoms with van der Waals surface area (Å²) in [6.45, 7) is 4.77. The predicted octanol–water partition coefficient (Wildman–Crippen LogP) is 2.72. The number of benzene rings is 1. The van der Waals surface area contributed by atoms with Crippen LogP contribution in [0.15, 0.2) is 18.2 Å². The predicted molar refractivity (Wildman–Crippen MR) is 57.6 cm³/mol. The van der Waals surface area contributed by atoms with Gasteiger partial charge in [0.25, 0.3) is 0 Å². The minimum absolute atomic E-state index is 0.317. The van der Waals surface area contributed by atoms with Crippen LogP contribution < -0.4 is 0 Å². The van der Waals surface area contributed by atoms with Gasteiger partial charge in [0.05, 0.1) is 6.61 Å². The third-order valence-corrected chi connectivity index (χ3v) is 2.32. The molecule has 0 saturated heterocycles. The Labute approximate surface area is 89.5 Å². The van der Waals surface area contributed by atoms with Gasteiger partial charge in [-0.15, -0.1) is 0 Å². The quantitative estimate of drug-likeness (QED) is 0.835. The average molecular weight is 215 g/mol. The highest BCUT2D eigenvalue weighted by Gasteiger charge is 2.10. The van der Waals surface area contributed by atoms with E-state index in [1.807, 2.05) is 26.0 Å². The molecule has 2 nitrogen and oxygen atoms in total. The van der Waals surface area contributed by atoms with Crippen molar-refractivity contribution in [2.24, 2.45) is 0 Å². The van der Waals surface area contributed by atoms with Crippen LogP contribution in [0, 0.1) is 6.92 Å². The molecule has 0 fully saturated rings. The Balaban J connectivity index is 2.77. The van der Waals surface area contributed by atoms with Gasteiger partial charge >= 0.3 is 0 Å². The minimum Gasteiger partial charge on any atom is -0.386 e. The van der Waals surface area contributed by atoms with Gasteiger partial charge in [-0.05, 0) is 37.1 Å². The Morgan fingerprint density at radius 2 is 2.21 bits per heavy atom. The SMILES string of the molecule is CCOCC(O)c1cc(Cl)ccc1C. The molecule has 0 bridgehead atoms. The summed E-state index contributed by atoms with van der Waals surface area (Å²) in [6, 6.07) is 5.49. The molecule has 1 unspecified atom stereocenters. The lowest BCUT2D eigenvalue weighted by molar-refractivity contribution is 0.0417. The Morgan fingerprint density at radius 3 is 2.86 bits per heavy atom. The van der Waals surface area contributed by atoms with Crippen LogP contribution >= 0.6 is 11.6 Å². The topological polar surface area (TPSA) is 29.5 Å². The zero-order chi connectivity index (χ0) is 10.6. The lowest BCUT2D eigenvalue weighted by atomic mass is 10.0. The standard InChI is InChI=1S/C11H15ClO2/c1-3-14-7-11(13)10-6-9(12)5-4-8(10)2/h4-6,11,13H,3,7H2,1-2H3. The number of rotatable bonds is 4. The molecule has 14 heavy (non-hydrogen) atoms. The van der Waals surface area contributed by atoms with Gasteiger partial charge in [0.1, 0.15) is 6.10 Å². The zero-order valence-corrected chi connectivity index (χ0v) is 9.21. The summed E-state index contributed by atoms with van der Waals surface area (Å²) in [5, 5.41) is 10.4. The second-order valence-electron chi connectivity index (χ2n) is 3.18. The van der Waals surface area contributed by atoms with Gasteiger partial charge in [-0.25, -0.2) is 0 Å². The molecule has 1 N–H and O–H groups in total. The van der Waals surface area contributed by atoms with Gasteiger partial charge in [0.2, 0.25) is 0 Å². The molecule has 3 heteroatoms. The Hall–Kier alpha value is -0.570. The first-order chi connectivity index (χ1) is 6.65. The number of aliphatic hydroxyl groups is 1. The van der Waals surface area contributed by atoms with Crippen molar-refractivity contribution in [1.29, 1.82) is 0 Å². The minimum atomic E-state index is -0.589. The second-order valence-corrected chi connectivity index (χ2v) is 3.61. The van der Waals surface area contributed by atoms with Crippen molar-refractivity contribution in [2.45, 2.75) is 20.0 Å². The van der Waals surface area contributed by atoms with Crippen molar-refractivity contribution in [3.63, 3.8) is 0 Å². The molecule has 0 aromatic heterocycles. The third-order valence-electron chi connectivity index (χ3n) is 2.08. The van der Waals surface area contributed by atoms with Crippen molar-refractivity contribution >= 4 is 11.6 Å². The maximum atomic E-state index is 9.77. The Bertz CT molecular complexity index is 299. The van der Waals surface area contributed by atoms with Crippen LogP contribution in [0.3, 0.4) is 0 Å². The summed E-state index contributed by atoms with van der Waals surface area (Å²) in [5.74, 6) is 0. The largest absolute Gasteiger partial charge is 0.386 e. The van der Waals surface area contributed by atoms with E-state index in [9.17, 15) is 5.11 Å². The van der Waals surface area contributed by atoms with E-state index in [4.69, 9.17) is 16.3 Å². The maximum Gasteiger partial charge on any atom is 0.103 e. The first kappa shape index (κ1) is 11.5. The lowest BCUT2D eigenvalue weighted by Crippen LogP contribution is -2.08. The monoisotopic (exact) mass is 214 g/mol. The van der Waals surface area contributed by atoms with Gasteiger partial charge in [-0.2, -0.15) is 0 Å². The molecule has 1 atom stereocenters. The molecule has 0 heterocycles. The van der Waals surface area contributed by atoms with E-state index in [0.29, 0.717) is 18.2 Å². The van der Waals surface area contributed by atoms with Gasteiger partial charge in [-0.3, -0.25) is 0 Å². The second kappa shape index (κ2) is 5.35. The van der Waals surface area contributed by atoms with E-state index in [0.717, 1.165) is 11.1 Å². The molecule has 0 aliphatic carbocycles. The fourth-order valence-electron chi connectivity index (χ4n) is 1.29. The number of aliphatic hydroxyl groups excluding tert-OH is 1. The van der Waals surface area contributed by atoms with Crippen molar-refractivity contribution in [3.8, 4) is 0 Å². The van der Waals surface area contributed by atoms with Crippen LogP contribution in [0.1, 0.15) is 24.2 Å². The summed E-state index contributed by atoms with van der Waals surface area (Å²) in [6.07, 6.45) is -0.589. The molecule has 0 aliphatic rings. The molecule has 1 rings (SSSR count). The Morgan fingerprint density at radius 1 is 1.50 bits per heavy atom. The van der Waals surface area contributed by atoms with Crippen molar-refractivity contribution in [2.75, 3.05) is 13.2 Å². The van der Waals surface area contributed by atoms with E-state index in [1.54, 1.807) is 6.07 Å². The van der Waals surface area contributed by atoms with E-state index in [1.165, 1.54) is 0 Å². The highest BCUT2D eigenvalue weighted by Crippen LogP contribution is 2.21. The number of aryl methyl sites for hydroxylation is 1. The lowest BCUT2D eigenvalue weighted by Gasteiger charge is -2.13. The molecular weight excluding hydrogens is 200 g/mol. The molecule has 0 amide bonds. The summed E-state index contributed by atoms with van der Waals surface area (Å²) in [4.78, 5) is 0. The molecule has 0 aliphatic heterocycles. The van der Waals surface area contributed by atoms with Crippen LogP contribution in [0.4, 0.5) is 0 Å². The third kappa shape index (κ3) is 2.98. The van der Waals surface area contributed by atoms with Crippen LogP contribution in [-0.2, 0) is 4.74 Å². The van der Waals surface area contributed by atoms with Gasteiger partial charge < -0.3 is 9.84 Å². The summed E-state index contributed by atoms with van der Waals surface area (Å²) >= 11 is 5.84. The van der Waals surface area contributed by atoms with Crippen molar-refractivity contribution in [1.82, 2.24) is 0 Å². The van der Waals surface area contributed by atoms with Crippen LogP contribution in [0.25, 0.3) is 0 Å². The number of halogens is 1. The smallest absolute Gasteiger partial charge is 0.103 e. The molecule has 0 saturated carbocycles.